The molecule has 0 fully saturated rings. The molecule has 1 aromatic rings. The third kappa shape index (κ3) is 3.04. The molecule has 0 heterocycles. The van der Waals surface area contributed by atoms with Crippen LogP contribution in [0.2, 0.25) is 0 Å². The molecule has 0 aliphatic carbocycles. The summed E-state index contributed by atoms with van der Waals surface area (Å²) < 4.78 is 0. The molecule has 0 amide bonds. The zero-order valence-corrected chi connectivity index (χ0v) is 9.13. The average Bonchev–Trinajstić information content (AvgIpc) is 2.25. The molecule has 0 unspecified atom stereocenters. The molecule has 2 heteroatoms. The van der Waals surface area contributed by atoms with Crippen LogP contribution in [0.15, 0.2) is 30.3 Å². The molecule has 0 saturated carbocycles. The molecule has 74 valence electrons. The molecule has 0 aliphatic heterocycles. The Kier molecular flexibility index (Phi) is 4.47. The molecule has 14 heavy (non-hydrogen) atoms. The van der Waals surface area contributed by atoms with Crippen molar-refractivity contribution in [2.75, 3.05) is 5.75 Å². The van der Waals surface area contributed by atoms with E-state index in [2.05, 4.69) is 12.6 Å². The van der Waals surface area contributed by atoms with E-state index < -0.39 is 0 Å². The van der Waals surface area contributed by atoms with Crippen LogP contribution in [0.3, 0.4) is 0 Å². The lowest BCUT2D eigenvalue weighted by Crippen LogP contribution is -1.95. The highest BCUT2D eigenvalue weighted by atomic mass is 32.1. The molecule has 0 N–H and O–H groups in total. The van der Waals surface area contributed by atoms with Crippen LogP contribution in [-0.4, -0.2) is 11.5 Å². The van der Waals surface area contributed by atoms with Gasteiger partial charge in [-0.2, -0.15) is 12.6 Å². The van der Waals surface area contributed by atoms with E-state index in [-0.39, 0.29) is 5.78 Å². The number of ketones is 1. The van der Waals surface area contributed by atoms with Gasteiger partial charge in [-0.25, -0.2) is 0 Å². The Morgan fingerprint density at radius 3 is 2.93 bits per heavy atom. The molecule has 0 bridgehead atoms. The lowest BCUT2D eigenvalue weighted by molar-refractivity contribution is 0.0988. The zero-order chi connectivity index (χ0) is 10.4. The van der Waals surface area contributed by atoms with Crippen LogP contribution < -0.4 is 0 Å². The first kappa shape index (κ1) is 11.1. The fourth-order valence-corrected chi connectivity index (χ4v) is 1.31. The number of carbonyl (C=O) groups is 1. The molecule has 0 atom stereocenters. The van der Waals surface area contributed by atoms with Gasteiger partial charge in [0.25, 0.3) is 0 Å². The fourth-order valence-electron chi connectivity index (χ4n) is 1.21. The minimum absolute atomic E-state index is 0.186. The Morgan fingerprint density at radius 2 is 2.29 bits per heavy atom. The fraction of sp³-hybridized carbons (Fsp3) is 0.250. The van der Waals surface area contributed by atoms with Gasteiger partial charge in [0.15, 0.2) is 5.78 Å². The molecule has 0 radical (unpaired) electrons. The van der Waals surface area contributed by atoms with Crippen LogP contribution in [-0.2, 0) is 0 Å². The zero-order valence-electron chi connectivity index (χ0n) is 8.23. The average molecular weight is 206 g/mol. The molecule has 0 spiro atoms. The standard InChI is InChI=1S/C12H14OS/c1-2-12(13)11-7-3-5-10(9-11)6-4-8-14/h3-7,9,14H,2,8H2,1H3. The van der Waals surface area contributed by atoms with Crippen molar-refractivity contribution >= 4 is 24.5 Å². The lowest BCUT2D eigenvalue weighted by atomic mass is 10.1. The minimum atomic E-state index is 0.186. The van der Waals surface area contributed by atoms with Crippen molar-refractivity contribution in [3.05, 3.63) is 41.5 Å². The third-order valence-corrected chi connectivity index (χ3v) is 2.16. The Labute approximate surface area is 90.2 Å². The van der Waals surface area contributed by atoms with E-state index in [1.54, 1.807) is 0 Å². The molecule has 1 nitrogen and oxygen atoms in total. The molecule has 0 aliphatic rings. The number of thiol groups is 1. The van der Waals surface area contributed by atoms with Crippen LogP contribution in [0.4, 0.5) is 0 Å². The van der Waals surface area contributed by atoms with Gasteiger partial charge in [-0.3, -0.25) is 4.79 Å². The maximum atomic E-state index is 11.4. The summed E-state index contributed by atoms with van der Waals surface area (Å²) in [7, 11) is 0. The van der Waals surface area contributed by atoms with E-state index in [0.717, 1.165) is 11.1 Å². The third-order valence-electron chi connectivity index (χ3n) is 1.95. The Bertz CT molecular complexity index is 342. The molecule has 1 aromatic carbocycles. The summed E-state index contributed by atoms with van der Waals surface area (Å²) in [5.74, 6) is 0.900. The first-order valence-corrected chi connectivity index (χ1v) is 5.32. The van der Waals surface area contributed by atoms with Gasteiger partial charge in [-0.1, -0.05) is 37.3 Å². The Morgan fingerprint density at radius 1 is 1.50 bits per heavy atom. The van der Waals surface area contributed by atoms with Crippen LogP contribution in [0.5, 0.6) is 0 Å². The summed E-state index contributed by atoms with van der Waals surface area (Å²) in [5, 5.41) is 0. The highest BCUT2D eigenvalue weighted by Gasteiger charge is 2.01. The number of carbonyl (C=O) groups excluding carboxylic acids is 1. The number of benzene rings is 1. The number of hydrogen-bond acceptors (Lipinski definition) is 2. The highest BCUT2D eigenvalue weighted by molar-refractivity contribution is 7.80. The molecular weight excluding hydrogens is 192 g/mol. The van der Waals surface area contributed by atoms with Gasteiger partial charge in [-0.05, 0) is 11.6 Å². The smallest absolute Gasteiger partial charge is 0.162 e. The SMILES string of the molecule is CCC(=O)c1cccc(C=CCS)c1. The summed E-state index contributed by atoms with van der Waals surface area (Å²) in [4.78, 5) is 11.4. The Balaban J connectivity index is 2.89. The largest absolute Gasteiger partial charge is 0.294 e. The number of Topliss-reactive ketones (excluding diaryl/α,β-unsaturated/α-hetero) is 1. The van der Waals surface area contributed by atoms with Crippen LogP contribution >= 0.6 is 12.6 Å². The second-order valence-corrected chi connectivity index (χ2v) is 3.35. The van der Waals surface area contributed by atoms with Crippen molar-refractivity contribution in [2.45, 2.75) is 13.3 Å². The maximum absolute atomic E-state index is 11.4. The Hall–Kier alpha value is -1.02. The summed E-state index contributed by atoms with van der Waals surface area (Å²) in [6, 6.07) is 7.64. The second kappa shape index (κ2) is 5.66. The van der Waals surface area contributed by atoms with Crippen molar-refractivity contribution in [1.82, 2.24) is 0 Å². The lowest BCUT2D eigenvalue weighted by Gasteiger charge is -1.99. The number of hydrogen-bond donors (Lipinski definition) is 1. The topological polar surface area (TPSA) is 17.1 Å². The highest BCUT2D eigenvalue weighted by Crippen LogP contribution is 2.09. The van der Waals surface area contributed by atoms with Crippen LogP contribution in [0, 0.1) is 0 Å². The van der Waals surface area contributed by atoms with E-state index in [1.807, 2.05) is 43.3 Å². The van der Waals surface area contributed by atoms with Gasteiger partial charge in [0, 0.05) is 17.7 Å². The van der Waals surface area contributed by atoms with Gasteiger partial charge >= 0.3 is 0 Å². The van der Waals surface area contributed by atoms with Crippen molar-refractivity contribution in [3.8, 4) is 0 Å². The van der Waals surface area contributed by atoms with Gasteiger partial charge in [0.1, 0.15) is 0 Å². The maximum Gasteiger partial charge on any atom is 0.162 e. The first-order chi connectivity index (χ1) is 6.77. The van der Waals surface area contributed by atoms with Gasteiger partial charge in [0.05, 0.1) is 0 Å². The van der Waals surface area contributed by atoms with Gasteiger partial charge in [-0.15, -0.1) is 0 Å². The second-order valence-electron chi connectivity index (χ2n) is 2.99. The van der Waals surface area contributed by atoms with Crippen molar-refractivity contribution in [3.63, 3.8) is 0 Å². The van der Waals surface area contributed by atoms with Crippen molar-refractivity contribution < 1.29 is 4.79 Å². The van der Waals surface area contributed by atoms with Crippen molar-refractivity contribution in [2.24, 2.45) is 0 Å². The van der Waals surface area contributed by atoms with Gasteiger partial charge in [0.2, 0.25) is 0 Å². The predicted octanol–water partition coefficient (Wildman–Crippen LogP) is 3.22. The summed E-state index contributed by atoms with van der Waals surface area (Å²) >= 11 is 4.08. The normalized spacial score (nSPS) is 10.7. The van der Waals surface area contributed by atoms with Crippen LogP contribution in [0.1, 0.15) is 29.3 Å². The van der Waals surface area contributed by atoms with E-state index in [0.29, 0.717) is 12.2 Å². The van der Waals surface area contributed by atoms with Crippen molar-refractivity contribution in [1.29, 1.82) is 0 Å². The summed E-state index contributed by atoms with van der Waals surface area (Å²) in [6.45, 7) is 1.87. The summed E-state index contributed by atoms with van der Waals surface area (Å²) in [6.07, 6.45) is 4.48. The molecule has 0 saturated heterocycles. The minimum Gasteiger partial charge on any atom is -0.294 e. The molecule has 0 aromatic heterocycles. The quantitative estimate of drug-likeness (QED) is 0.591. The van der Waals surface area contributed by atoms with E-state index in [4.69, 9.17) is 0 Å². The number of rotatable bonds is 4. The predicted molar refractivity (Wildman–Crippen MR) is 64.0 cm³/mol. The molecular formula is C12H14OS. The van der Waals surface area contributed by atoms with E-state index in [9.17, 15) is 4.79 Å². The van der Waals surface area contributed by atoms with E-state index >= 15 is 0 Å². The van der Waals surface area contributed by atoms with Crippen LogP contribution in [0.25, 0.3) is 6.08 Å². The first-order valence-electron chi connectivity index (χ1n) is 4.68. The summed E-state index contributed by atoms with van der Waals surface area (Å²) in [5.41, 5.74) is 1.84. The van der Waals surface area contributed by atoms with Gasteiger partial charge < -0.3 is 0 Å². The van der Waals surface area contributed by atoms with E-state index in [1.165, 1.54) is 0 Å². The monoisotopic (exact) mass is 206 g/mol. The molecule has 1 rings (SSSR count).